The van der Waals surface area contributed by atoms with E-state index in [0.29, 0.717) is 0 Å². The van der Waals surface area contributed by atoms with Gasteiger partial charge in [-0.2, -0.15) is 0 Å². The first-order chi connectivity index (χ1) is 8.33. The average molecular weight is 350 g/mol. The SMILES string of the molecule is Fc1ccc(OCCCCCCCCI)cc1. The van der Waals surface area contributed by atoms with Gasteiger partial charge in [-0.15, -0.1) is 0 Å². The summed E-state index contributed by atoms with van der Waals surface area (Å²) in [5.41, 5.74) is 0. The summed E-state index contributed by atoms with van der Waals surface area (Å²) in [5.74, 6) is 0.545. The molecule has 1 rings (SSSR count). The second-order valence-electron chi connectivity index (χ2n) is 4.11. The number of hydrogen-bond donors (Lipinski definition) is 0. The lowest BCUT2D eigenvalue weighted by Gasteiger charge is -2.05. The van der Waals surface area contributed by atoms with Gasteiger partial charge in [0.1, 0.15) is 11.6 Å². The van der Waals surface area contributed by atoms with Crippen molar-refractivity contribution in [3.63, 3.8) is 0 Å². The van der Waals surface area contributed by atoms with Crippen molar-refractivity contribution in [1.82, 2.24) is 0 Å². The summed E-state index contributed by atoms with van der Waals surface area (Å²) in [6, 6.07) is 6.21. The first-order valence-corrected chi connectivity index (χ1v) is 7.80. The number of ether oxygens (including phenoxy) is 1. The molecule has 3 heteroatoms. The highest BCUT2D eigenvalue weighted by Gasteiger charge is 1.95. The molecule has 0 fully saturated rings. The number of alkyl halides is 1. The van der Waals surface area contributed by atoms with Gasteiger partial charge in [0.25, 0.3) is 0 Å². The standard InChI is InChI=1S/C14H20FIO/c15-13-7-9-14(10-8-13)17-12-6-4-2-1-3-5-11-16/h7-10H,1-6,11-12H2. The smallest absolute Gasteiger partial charge is 0.123 e. The molecule has 0 aromatic heterocycles. The topological polar surface area (TPSA) is 9.23 Å². The molecule has 1 nitrogen and oxygen atoms in total. The summed E-state index contributed by atoms with van der Waals surface area (Å²) >= 11 is 2.42. The summed E-state index contributed by atoms with van der Waals surface area (Å²) in [4.78, 5) is 0. The van der Waals surface area contributed by atoms with Gasteiger partial charge in [-0.05, 0) is 41.5 Å². The van der Waals surface area contributed by atoms with Crippen molar-refractivity contribution in [3.05, 3.63) is 30.1 Å². The van der Waals surface area contributed by atoms with E-state index in [4.69, 9.17) is 4.74 Å². The zero-order valence-electron chi connectivity index (χ0n) is 10.1. The zero-order valence-corrected chi connectivity index (χ0v) is 12.3. The van der Waals surface area contributed by atoms with Gasteiger partial charge in [-0.1, -0.05) is 48.3 Å². The van der Waals surface area contributed by atoms with E-state index < -0.39 is 0 Å². The fourth-order valence-corrected chi connectivity index (χ4v) is 2.16. The van der Waals surface area contributed by atoms with Crippen LogP contribution in [0.1, 0.15) is 38.5 Å². The van der Waals surface area contributed by atoms with Crippen molar-refractivity contribution in [2.75, 3.05) is 11.0 Å². The molecule has 96 valence electrons. The van der Waals surface area contributed by atoms with E-state index in [1.807, 2.05) is 0 Å². The number of halogens is 2. The van der Waals surface area contributed by atoms with Crippen LogP contribution in [0.4, 0.5) is 4.39 Å². The van der Waals surface area contributed by atoms with Gasteiger partial charge in [0.05, 0.1) is 6.61 Å². The predicted molar refractivity (Wildman–Crippen MR) is 78.5 cm³/mol. The van der Waals surface area contributed by atoms with Crippen LogP contribution in [0, 0.1) is 5.82 Å². The summed E-state index contributed by atoms with van der Waals surface area (Å²) in [6.07, 6.45) is 7.63. The number of hydrogen-bond acceptors (Lipinski definition) is 1. The van der Waals surface area contributed by atoms with Crippen LogP contribution < -0.4 is 4.74 Å². The van der Waals surface area contributed by atoms with Crippen molar-refractivity contribution >= 4 is 22.6 Å². The van der Waals surface area contributed by atoms with E-state index in [1.165, 1.54) is 48.7 Å². The summed E-state index contributed by atoms with van der Waals surface area (Å²) in [7, 11) is 0. The maximum absolute atomic E-state index is 12.6. The Morgan fingerprint density at radius 3 is 2.12 bits per heavy atom. The Balaban J connectivity index is 1.95. The molecular weight excluding hydrogens is 330 g/mol. The third-order valence-corrected chi connectivity index (χ3v) is 3.37. The minimum Gasteiger partial charge on any atom is -0.494 e. The fourth-order valence-electron chi connectivity index (χ4n) is 1.62. The minimum absolute atomic E-state index is 0.215. The van der Waals surface area contributed by atoms with Gasteiger partial charge >= 0.3 is 0 Å². The van der Waals surface area contributed by atoms with E-state index in [-0.39, 0.29) is 5.82 Å². The average Bonchev–Trinajstić information content (AvgIpc) is 2.35. The second-order valence-corrected chi connectivity index (χ2v) is 5.19. The molecule has 0 atom stereocenters. The molecule has 0 radical (unpaired) electrons. The van der Waals surface area contributed by atoms with Crippen LogP contribution in [0.25, 0.3) is 0 Å². The van der Waals surface area contributed by atoms with Gasteiger partial charge in [0.2, 0.25) is 0 Å². The highest BCUT2D eigenvalue weighted by Crippen LogP contribution is 2.12. The maximum Gasteiger partial charge on any atom is 0.123 e. The molecule has 0 aliphatic carbocycles. The molecule has 0 unspecified atom stereocenters. The molecule has 0 saturated carbocycles. The largest absolute Gasteiger partial charge is 0.494 e. The van der Waals surface area contributed by atoms with Crippen molar-refractivity contribution in [2.24, 2.45) is 0 Å². The predicted octanol–water partition coefficient (Wildman–Crippen LogP) is 4.98. The molecule has 0 heterocycles. The maximum atomic E-state index is 12.6. The quantitative estimate of drug-likeness (QED) is 0.347. The van der Waals surface area contributed by atoms with Crippen molar-refractivity contribution < 1.29 is 9.13 Å². The molecule has 0 saturated heterocycles. The van der Waals surface area contributed by atoms with Crippen LogP contribution in [0.2, 0.25) is 0 Å². The van der Waals surface area contributed by atoms with Gasteiger partial charge in [-0.3, -0.25) is 0 Å². The molecule has 0 aliphatic heterocycles. The Bertz CT molecular complexity index is 287. The van der Waals surface area contributed by atoms with E-state index in [9.17, 15) is 4.39 Å². The molecule has 0 N–H and O–H groups in total. The Morgan fingerprint density at radius 2 is 1.47 bits per heavy atom. The molecule has 0 aliphatic rings. The lowest BCUT2D eigenvalue weighted by molar-refractivity contribution is 0.304. The van der Waals surface area contributed by atoms with Gasteiger partial charge in [0.15, 0.2) is 0 Å². The molecular formula is C14H20FIO. The normalized spacial score (nSPS) is 10.5. The highest BCUT2D eigenvalue weighted by atomic mass is 127. The second kappa shape index (κ2) is 9.68. The van der Waals surface area contributed by atoms with Gasteiger partial charge in [-0.25, -0.2) is 4.39 Å². The van der Waals surface area contributed by atoms with E-state index in [0.717, 1.165) is 18.8 Å². The third-order valence-electron chi connectivity index (χ3n) is 2.61. The van der Waals surface area contributed by atoms with Gasteiger partial charge in [0, 0.05) is 0 Å². The van der Waals surface area contributed by atoms with Crippen LogP contribution in [0.15, 0.2) is 24.3 Å². The Morgan fingerprint density at radius 1 is 0.882 bits per heavy atom. The third kappa shape index (κ3) is 7.58. The van der Waals surface area contributed by atoms with Gasteiger partial charge < -0.3 is 4.74 Å². The molecule has 0 spiro atoms. The first-order valence-electron chi connectivity index (χ1n) is 6.27. The molecule has 1 aromatic carbocycles. The van der Waals surface area contributed by atoms with Crippen LogP contribution in [0.5, 0.6) is 5.75 Å². The highest BCUT2D eigenvalue weighted by molar-refractivity contribution is 14.1. The zero-order chi connectivity index (χ0) is 12.3. The van der Waals surface area contributed by atoms with Crippen molar-refractivity contribution in [3.8, 4) is 5.75 Å². The van der Waals surface area contributed by atoms with Crippen LogP contribution in [0.3, 0.4) is 0 Å². The number of benzene rings is 1. The number of unbranched alkanes of at least 4 members (excludes halogenated alkanes) is 5. The van der Waals surface area contributed by atoms with Crippen molar-refractivity contribution in [2.45, 2.75) is 38.5 Å². The minimum atomic E-state index is -0.215. The van der Waals surface area contributed by atoms with Crippen LogP contribution in [-0.4, -0.2) is 11.0 Å². The fraction of sp³-hybridized carbons (Fsp3) is 0.571. The molecule has 0 amide bonds. The van der Waals surface area contributed by atoms with Crippen LogP contribution >= 0.6 is 22.6 Å². The first kappa shape index (κ1) is 14.7. The molecule has 17 heavy (non-hydrogen) atoms. The van der Waals surface area contributed by atoms with E-state index >= 15 is 0 Å². The summed E-state index contributed by atoms with van der Waals surface area (Å²) < 4.78 is 19.4. The summed E-state index contributed by atoms with van der Waals surface area (Å²) in [5, 5.41) is 0. The Hall–Kier alpha value is -0.320. The van der Waals surface area contributed by atoms with Crippen molar-refractivity contribution in [1.29, 1.82) is 0 Å². The molecule has 1 aromatic rings. The van der Waals surface area contributed by atoms with E-state index in [2.05, 4.69) is 22.6 Å². The lowest BCUT2D eigenvalue weighted by atomic mass is 10.1. The monoisotopic (exact) mass is 350 g/mol. The Kier molecular flexibility index (Phi) is 8.40. The lowest BCUT2D eigenvalue weighted by Crippen LogP contribution is -1.97. The number of rotatable bonds is 9. The molecule has 0 bridgehead atoms. The van der Waals surface area contributed by atoms with Crippen LogP contribution in [-0.2, 0) is 0 Å². The summed E-state index contributed by atoms with van der Waals surface area (Å²) in [6.45, 7) is 0.734. The van der Waals surface area contributed by atoms with E-state index in [1.54, 1.807) is 12.1 Å². The Labute approximate surface area is 117 Å².